The Hall–Kier alpha value is -1.14. The Balaban J connectivity index is 3.07. The number of nitrogens with two attached hydrogens (primary N) is 2. The molecule has 1 saturated heterocycles. The van der Waals surface area contributed by atoms with Crippen molar-refractivity contribution < 1.29 is 9.59 Å². The minimum Gasteiger partial charge on any atom is -0.321 e. The van der Waals surface area contributed by atoms with Crippen LogP contribution in [0.25, 0.3) is 0 Å². The monoisotopic (exact) mass is 186 g/mol. The molecule has 1 heterocycles. The highest BCUT2D eigenvalue weighted by Gasteiger charge is 2.48. The largest absolute Gasteiger partial charge is 0.326 e. The molecule has 0 saturated carbocycles. The van der Waals surface area contributed by atoms with Crippen molar-refractivity contribution in [2.45, 2.75) is 18.6 Å². The van der Waals surface area contributed by atoms with Gasteiger partial charge >= 0.3 is 6.03 Å². The molecule has 6 heteroatoms. The zero-order valence-corrected chi connectivity index (χ0v) is 7.94. The summed E-state index contributed by atoms with van der Waals surface area (Å²) in [5.74, 6) is -0.553. The third-order valence-electron chi connectivity index (χ3n) is 2.54. The van der Waals surface area contributed by atoms with E-state index in [2.05, 4.69) is 0 Å². The average Bonchev–Trinajstić information content (AvgIpc) is 2.09. The van der Waals surface area contributed by atoms with Crippen molar-refractivity contribution in [3.63, 3.8) is 0 Å². The zero-order chi connectivity index (χ0) is 10.4. The lowest BCUT2D eigenvalue weighted by molar-refractivity contribution is -0.138. The molecule has 0 aromatic carbocycles. The Labute approximate surface area is 76.4 Å². The highest BCUT2D eigenvalue weighted by molar-refractivity contribution is 6.01. The number of nitrogens with zero attached hydrogens (tertiary/aromatic N) is 2. The summed E-state index contributed by atoms with van der Waals surface area (Å²) in [4.78, 5) is 25.1. The molecule has 4 N–H and O–H groups in total. The second-order valence-electron chi connectivity index (χ2n) is 3.37. The fraction of sp³-hybridized carbons (Fsp3) is 0.714. The molecule has 1 aliphatic heterocycles. The number of imide groups is 1. The Morgan fingerprint density at radius 2 is 1.77 bits per heavy atom. The number of urea groups is 1. The number of rotatable bonds is 0. The Bertz CT molecular complexity index is 263. The van der Waals surface area contributed by atoms with Crippen molar-refractivity contribution in [2.24, 2.45) is 11.5 Å². The molecule has 0 aromatic heterocycles. The van der Waals surface area contributed by atoms with Gasteiger partial charge in [0.15, 0.2) is 5.66 Å². The SMILES string of the molecule is CC1N(C)C(=O)N(C)C(=O)C1(N)N. The molecule has 74 valence electrons. The summed E-state index contributed by atoms with van der Waals surface area (Å²) in [6, 6.07) is -0.882. The Morgan fingerprint density at radius 3 is 2.23 bits per heavy atom. The van der Waals surface area contributed by atoms with Crippen LogP contribution in [0, 0.1) is 0 Å². The van der Waals surface area contributed by atoms with E-state index in [-0.39, 0.29) is 6.03 Å². The molecule has 0 bridgehead atoms. The second kappa shape index (κ2) is 2.68. The van der Waals surface area contributed by atoms with Crippen LogP contribution in [0.5, 0.6) is 0 Å². The summed E-state index contributed by atoms with van der Waals surface area (Å²) in [5.41, 5.74) is 9.71. The molecule has 1 rings (SSSR count). The second-order valence-corrected chi connectivity index (χ2v) is 3.37. The topological polar surface area (TPSA) is 92.7 Å². The Kier molecular flexibility index (Phi) is 2.05. The van der Waals surface area contributed by atoms with Gasteiger partial charge in [0, 0.05) is 14.1 Å². The van der Waals surface area contributed by atoms with Crippen molar-refractivity contribution in [3.8, 4) is 0 Å². The first-order valence-corrected chi connectivity index (χ1v) is 3.93. The molecule has 1 unspecified atom stereocenters. The summed E-state index contributed by atoms with van der Waals surface area (Å²) >= 11 is 0. The van der Waals surface area contributed by atoms with Gasteiger partial charge in [0.2, 0.25) is 0 Å². The van der Waals surface area contributed by atoms with Crippen molar-refractivity contribution >= 4 is 11.9 Å². The van der Waals surface area contributed by atoms with Crippen molar-refractivity contribution in [1.29, 1.82) is 0 Å². The van der Waals surface area contributed by atoms with Gasteiger partial charge in [-0.1, -0.05) is 0 Å². The lowest BCUT2D eigenvalue weighted by Crippen LogP contribution is -2.76. The lowest BCUT2D eigenvalue weighted by atomic mass is 9.99. The van der Waals surface area contributed by atoms with Gasteiger partial charge in [0.1, 0.15) is 0 Å². The van der Waals surface area contributed by atoms with E-state index in [0.717, 1.165) is 4.90 Å². The van der Waals surface area contributed by atoms with Gasteiger partial charge in [-0.05, 0) is 6.92 Å². The molecule has 1 fully saturated rings. The number of carbonyl (C=O) groups is 2. The van der Waals surface area contributed by atoms with Gasteiger partial charge < -0.3 is 16.4 Å². The van der Waals surface area contributed by atoms with E-state index in [1.54, 1.807) is 14.0 Å². The lowest BCUT2D eigenvalue weighted by Gasteiger charge is -2.44. The fourth-order valence-corrected chi connectivity index (χ4v) is 1.28. The molecule has 6 nitrogen and oxygen atoms in total. The smallest absolute Gasteiger partial charge is 0.321 e. The van der Waals surface area contributed by atoms with Crippen LogP contribution in [0.15, 0.2) is 0 Å². The number of hydrogen-bond acceptors (Lipinski definition) is 4. The van der Waals surface area contributed by atoms with Gasteiger partial charge in [-0.2, -0.15) is 0 Å². The first kappa shape index (κ1) is 9.94. The third kappa shape index (κ3) is 1.18. The van der Waals surface area contributed by atoms with E-state index in [1.807, 2.05) is 0 Å². The van der Waals surface area contributed by atoms with Gasteiger partial charge in [-0.15, -0.1) is 0 Å². The summed E-state index contributed by atoms with van der Waals surface area (Å²) in [5, 5.41) is 0. The molecule has 0 aromatic rings. The molecular formula is C7H14N4O2. The van der Waals surface area contributed by atoms with Crippen LogP contribution in [0.4, 0.5) is 4.79 Å². The van der Waals surface area contributed by atoms with E-state index in [0.29, 0.717) is 0 Å². The van der Waals surface area contributed by atoms with E-state index in [1.165, 1.54) is 11.9 Å². The molecule has 1 atom stereocenters. The summed E-state index contributed by atoms with van der Waals surface area (Å²) in [6.07, 6.45) is 0. The third-order valence-corrected chi connectivity index (χ3v) is 2.54. The molecule has 13 heavy (non-hydrogen) atoms. The maximum absolute atomic E-state index is 11.4. The highest BCUT2D eigenvalue weighted by atomic mass is 16.2. The van der Waals surface area contributed by atoms with Crippen LogP contribution in [-0.4, -0.2) is 47.5 Å². The van der Waals surface area contributed by atoms with Crippen molar-refractivity contribution in [1.82, 2.24) is 9.80 Å². The van der Waals surface area contributed by atoms with Gasteiger partial charge in [0.05, 0.1) is 6.04 Å². The minimum absolute atomic E-state index is 0.385. The number of likely N-dealkylation sites (N-methyl/N-ethyl adjacent to an activating group) is 2. The fourth-order valence-electron chi connectivity index (χ4n) is 1.28. The molecule has 0 aliphatic carbocycles. The molecule has 0 radical (unpaired) electrons. The Morgan fingerprint density at radius 1 is 1.31 bits per heavy atom. The normalized spacial score (nSPS) is 28.2. The quantitative estimate of drug-likeness (QED) is 0.451. The molecule has 3 amide bonds. The van der Waals surface area contributed by atoms with Gasteiger partial charge in [-0.25, -0.2) is 4.79 Å². The first-order chi connectivity index (χ1) is 5.80. The van der Waals surface area contributed by atoms with Gasteiger partial charge in [0.25, 0.3) is 5.91 Å². The van der Waals surface area contributed by atoms with Crippen LogP contribution in [-0.2, 0) is 4.79 Å². The van der Waals surface area contributed by atoms with Crippen LogP contribution in [0.2, 0.25) is 0 Å². The number of amides is 3. The predicted molar refractivity (Wildman–Crippen MR) is 46.5 cm³/mol. The maximum atomic E-state index is 11.4. The van der Waals surface area contributed by atoms with E-state index in [4.69, 9.17) is 11.5 Å². The predicted octanol–water partition coefficient (Wildman–Crippen LogP) is -1.49. The maximum Gasteiger partial charge on any atom is 0.326 e. The van der Waals surface area contributed by atoms with Crippen molar-refractivity contribution in [3.05, 3.63) is 0 Å². The van der Waals surface area contributed by atoms with Crippen LogP contribution in [0.3, 0.4) is 0 Å². The minimum atomic E-state index is -1.49. The zero-order valence-electron chi connectivity index (χ0n) is 7.94. The molecule has 1 aliphatic rings. The highest BCUT2D eigenvalue weighted by Crippen LogP contribution is 2.17. The number of hydrogen-bond donors (Lipinski definition) is 2. The van der Waals surface area contributed by atoms with Gasteiger partial charge in [-0.3, -0.25) is 9.69 Å². The van der Waals surface area contributed by atoms with E-state index < -0.39 is 17.6 Å². The van der Waals surface area contributed by atoms with Crippen LogP contribution in [0.1, 0.15) is 6.92 Å². The van der Waals surface area contributed by atoms with E-state index in [9.17, 15) is 9.59 Å². The van der Waals surface area contributed by atoms with E-state index >= 15 is 0 Å². The van der Waals surface area contributed by atoms with Crippen LogP contribution < -0.4 is 11.5 Å². The summed E-state index contributed by atoms with van der Waals surface area (Å²) in [7, 11) is 2.92. The average molecular weight is 186 g/mol. The first-order valence-electron chi connectivity index (χ1n) is 3.93. The van der Waals surface area contributed by atoms with Crippen LogP contribution >= 0.6 is 0 Å². The summed E-state index contributed by atoms with van der Waals surface area (Å²) < 4.78 is 0. The van der Waals surface area contributed by atoms with Crippen molar-refractivity contribution in [2.75, 3.05) is 14.1 Å². The number of carbonyl (C=O) groups excluding carboxylic acids is 2. The molecular weight excluding hydrogens is 172 g/mol. The molecule has 0 spiro atoms. The standard InChI is InChI=1S/C7H14N4O2/c1-4-7(8,9)5(12)11(3)6(13)10(4)2/h4H,8-9H2,1-3H3. The summed E-state index contributed by atoms with van der Waals surface area (Å²) in [6.45, 7) is 1.64.